The summed E-state index contributed by atoms with van der Waals surface area (Å²) in [5.41, 5.74) is 0.495. The van der Waals surface area contributed by atoms with Gasteiger partial charge in [-0.15, -0.1) is 0 Å². The van der Waals surface area contributed by atoms with E-state index in [1.807, 2.05) is 44.2 Å². The lowest BCUT2D eigenvalue weighted by atomic mass is 9.96. The maximum Gasteiger partial charge on any atom is 0.204 e. The predicted octanol–water partition coefficient (Wildman–Crippen LogP) is 2.71. The molecule has 1 aromatic rings. The fourth-order valence-corrected chi connectivity index (χ4v) is 1.61. The number of nitrogens with zero attached hydrogens (tertiary/aromatic N) is 2. The van der Waals surface area contributed by atoms with Gasteiger partial charge in [-0.25, -0.2) is 4.99 Å². The normalized spacial score (nSPS) is 19.8. The summed E-state index contributed by atoms with van der Waals surface area (Å²) in [6, 6.07) is 12.2. The maximum absolute atomic E-state index is 9.00. The molecular formula is C13H14N2O. The van der Waals surface area contributed by atoms with Gasteiger partial charge in [0.2, 0.25) is 5.90 Å². The van der Waals surface area contributed by atoms with Gasteiger partial charge in [0.15, 0.2) is 0 Å². The van der Waals surface area contributed by atoms with Gasteiger partial charge in [0.25, 0.3) is 0 Å². The Hall–Kier alpha value is -1.82. The van der Waals surface area contributed by atoms with Gasteiger partial charge < -0.3 is 4.74 Å². The second-order valence-electron chi connectivity index (χ2n) is 4.41. The van der Waals surface area contributed by atoms with E-state index in [-0.39, 0.29) is 6.04 Å². The second kappa shape index (κ2) is 3.97. The van der Waals surface area contributed by atoms with E-state index in [4.69, 9.17) is 10.00 Å². The molecule has 1 aliphatic rings. The van der Waals surface area contributed by atoms with E-state index in [1.54, 1.807) is 0 Å². The minimum absolute atomic E-state index is 0.0313. The van der Waals surface area contributed by atoms with Crippen LogP contribution in [0.25, 0.3) is 0 Å². The van der Waals surface area contributed by atoms with Gasteiger partial charge in [0.05, 0.1) is 6.07 Å². The Morgan fingerprint density at radius 3 is 2.69 bits per heavy atom. The molecule has 0 bridgehead atoms. The van der Waals surface area contributed by atoms with E-state index in [2.05, 4.69) is 11.1 Å². The summed E-state index contributed by atoms with van der Waals surface area (Å²) in [6.07, 6.45) is 0. The Kier molecular flexibility index (Phi) is 2.66. The average molecular weight is 214 g/mol. The van der Waals surface area contributed by atoms with Crippen LogP contribution in [0.5, 0.6) is 0 Å². The molecule has 1 atom stereocenters. The molecule has 0 amide bonds. The molecule has 1 aromatic carbocycles. The molecule has 82 valence electrons. The summed E-state index contributed by atoms with van der Waals surface area (Å²) >= 11 is 0. The van der Waals surface area contributed by atoms with Crippen molar-refractivity contribution in [1.29, 1.82) is 5.26 Å². The van der Waals surface area contributed by atoms with Gasteiger partial charge in [0, 0.05) is 0 Å². The zero-order valence-corrected chi connectivity index (χ0v) is 9.47. The zero-order valence-electron chi connectivity index (χ0n) is 9.47. The number of hydrogen-bond acceptors (Lipinski definition) is 3. The summed E-state index contributed by atoms with van der Waals surface area (Å²) in [5, 5.41) is 9.00. The lowest BCUT2D eigenvalue weighted by molar-refractivity contribution is 0.293. The summed E-state index contributed by atoms with van der Waals surface area (Å²) in [4.78, 5) is 4.47. The van der Waals surface area contributed by atoms with Crippen molar-refractivity contribution in [2.45, 2.75) is 19.9 Å². The van der Waals surface area contributed by atoms with Crippen molar-refractivity contribution in [2.75, 3.05) is 6.61 Å². The SMILES string of the molecule is CC(C)(C#N)C1=N[C@@H](c2ccccc2)CO1. The lowest BCUT2D eigenvalue weighted by Gasteiger charge is -2.13. The molecule has 1 heterocycles. The van der Waals surface area contributed by atoms with Crippen molar-refractivity contribution in [1.82, 2.24) is 0 Å². The fraction of sp³-hybridized carbons (Fsp3) is 0.385. The topological polar surface area (TPSA) is 45.4 Å². The molecule has 16 heavy (non-hydrogen) atoms. The first kappa shape index (κ1) is 10.7. The third-order valence-corrected chi connectivity index (χ3v) is 2.65. The first-order valence-corrected chi connectivity index (χ1v) is 5.31. The van der Waals surface area contributed by atoms with Gasteiger partial charge in [-0.05, 0) is 19.4 Å². The standard InChI is InChI=1S/C13H14N2O/c1-13(2,9-14)12-15-11(8-16-12)10-6-4-3-5-7-10/h3-7,11H,8H2,1-2H3/t11-/m1/s1. The van der Waals surface area contributed by atoms with E-state index in [0.29, 0.717) is 12.5 Å². The van der Waals surface area contributed by atoms with Crippen LogP contribution in [-0.2, 0) is 4.74 Å². The Morgan fingerprint density at radius 2 is 2.06 bits per heavy atom. The molecule has 0 unspecified atom stereocenters. The highest BCUT2D eigenvalue weighted by Crippen LogP contribution is 2.29. The monoisotopic (exact) mass is 214 g/mol. The Balaban J connectivity index is 2.22. The third-order valence-electron chi connectivity index (χ3n) is 2.65. The van der Waals surface area contributed by atoms with Gasteiger partial charge in [-0.1, -0.05) is 30.3 Å². The molecule has 0 spiro atoms. The molecule has 0 aliphatic carbocycles. The van der Waals surface area contributed by atoms with E-state index < -0.39 is 5.41 Å². The Labute approximate surface area is 95.4 Å². The molecule has 0 radical (unpaired) electrons. The predicted molar refractivity (Wildman–Crippen MR) is 62.0 cm³/mol. The van der Waals surface area contributed by atoms with Crippen molar-refractivity contribution in [3.8, 4) is 6.07 Å². The minimum atomic E-state index is -0.635. The molecule has 1 aliphatic heterocycles. The van der Waals surface area contributed by atoms with Crippen LogP contribution < -0.4 is 0 Å². The quantitative estimate of drug-likeness (QED) is 0.759. The van der Waals surface area contributed by atoms with Crippen LogP contribution in [-0.4, -0.2) is 12.5 Å². The van der Waals surface area contributed by atoms with Crippen molar-refractivity contribution in [3.63, 3.8) is 0 Å². The highest BCUT2D eigenvalue weighted by molar-refractivity contribution is 5.86. The number of aliphatic imine (C=N–C) groups is 1. The van der Waals surface area contributed by atoms with Crippen LogP contribution in [0.3, 0.4) is 0 Å². The zero-order chi connectivity index (χ0) is 11.6. The van der Waals surface area contributed by atoms with E-state index in [9.17, 15) is 0 Å². The van der Waals surface area contributed by atoms with Gasteiger partial charge in [0.1, 0.15) is 18.1 Å². The molecule has 0 saturated heterocycles. The molecule has 3 heteroatoms. The van der Waals surface area contributed by atoms with Gasteiger partial charge >= 0.3 is 0 Å². The van der Waals surface area contributed by atoms with Crippen LogP contribution in [0.2, 0.25) is 0 Å². The largest absolute Gasteiger partial charge is 0.477 e. The van der Waals surface area contributed by atoms with Crippen LogP contribution in [0.15, 0.2) is 35.3 Å². The van der Waals surface area contributed by atoms with Gasteiger partial charge in [-0.3, -0.25) is 0 Å². The Morgan fingerprint density at radius 1 is 1.38 bits per heavy atom. The van der Waals surface area contributed by atoms with Crippen LogP contribution in [0.4, 0.5) is 0 Å². The van der Waals surface area contributed by atoms with E-state index in [0.717, 1.165) is 5.56 Å². The van der Waals surface area contributed by atoms with Crippen molar-refractivity contribution < 1.29 is 4.74 Å². The number of rotatable bonds is 2. The molecule has 0 N–H and O–H groups in total. The van der Waals surface area contributed by atoms with E-state index in [1.165, 1.54) is 0 Å². The molecule has 0 fully saturated rings. The maximum atomic E-state index is 9.00. The molecular weight excluding hydrogens is 200 g/mol. The second-order valence-corrected chi connectivity index (χ2v) is 4.41. The van der Waals surface area contributed by atoms with Crippen LogP contribution in [0, 0.1) is 16.7 Å². The van der Waals surface area contributed by atoms with Crippen molar-refractivity contribution >= 4 is 5.90 Å². The molecule has 0 saturated carbocycles. The number of benzene rings is 1. The summed E-state index contributed by atoms with van der Waals surface area (Å²) < 4.78 is 5.50. The average Bonchev–Trinajstić information content (AvgIpc) is 2.80. The van der Waals surface area contributed by atoms with Crippen molar-refractivity contribution in [2.24, 2.45) is 10.4 Å². The number of hydrogen-bond donors (Lipinski definition) is 0. The fourth-order valence-electron chi connectivity index (χ4n) is 1.61. The first-order chi connectivity index (χ1) is 7.63. The molecule has 3 nitrogen and oxygen atoms in total. The van der Waals surface area contributed by atoms with Crippen LogP contribution >= 0.6 is 0 Å². The highest BCUT2D eigenvalue weighted by Gasteiger charge is 2.32. The number of ether oxygens (including phenoxy) is 1. The van der Waals surface area contributed by atoms with Crippen LogP contribution in [0.1, 0.15) is 25.5 Å². The summed E-state index contributed by atoms with van der Waals surface area (Å²) in [5.74, 6) is 0.545. The van der Waals surface area contributed by atoms with Crippen molar-refractivity contribution in [3.05, 3.63) is 35.9 Å². The smallest absolute Gasteiger partial charge is 0.204 e. The highest BCUT2D eigenvalue weighted by atomic mass is 16.5. The first-order valence-electron chi connectivity index (χ1n) is 5.31. The summed E-state index contributed by atoms with van der Waals surface area (Å²) in [6.45, 7) is 4.17. The number of nitriles is 1. The third kappa shape index (κ3) is 1.92. The minimum Gasteiger partial charge on any atom is -0.477 e. The van der Waals surface area contributed by atoms with E-state index >= 15 is 0 Å². The lowest BCUT2D eigenvalue weighted by Crippen LogP contribution is -2.22. The Bertz CT molecular complexity index is 443. The molecule has 2 rings (SSSR count). The molecule has 0 aromatic heterocycles. The summed E-state index contributed by atoms with van der Waals surface area (Å²) in [7, 11) is 0. The van der Waals surface area contributed by atoms with Gasteiger partial charge in [-0.2, -0.15) is 5.26 Å².